The number of para-hydroxylation sites is 1. The number of nitrogens with zero attached hydrogens (tertiary/aromatic N) is 2. The summed E-state index contributed by atoms with van der Waals surface area (Å²) in [5.74, 6) is 0. The van der Waals surface area contributed by atoms with Crippen LogP contribution >= 0.6 is 0 Å². The van der Waals surface area contributed by atoms with Gasteiger partial charge in [0, 0.05) is 12.2 Å². The third kappa shape index (κ3) is 1.63. The molecule has 0 bridgehead atoms. The molecule has 2 N–H and O–H groups in total. The highest BCUT2D eigenvalue weighted by Crippen LogP contribution is 2.20. The molecule has 1 aliphatic carbocycles. The molecule has 0 radical (unpaired) electrons. The number of hydrogen-bond acceptors (Lipinski definition) is 2. The molecule has 0 saturated carbocycles. The number of nitrogens with two attached hydrogens (primary N) is 1. The normalized spacial score (nSPS) is 19.4. The van der Waals surface area contributed by atoms with Gasteiger partial charge in [0.15, 0.2) is 0 Å². The van der Waals surface area contributed by atoms with Crippen molar-refractivity contribution >= 4 is 0 Å². The minimum Gasteiger partial charge on any atom is -0.327 e. The van der Waals surface area contributed by atoms with Crippen LogP contribution in [0.25, 0.3) is 5.69 Å². The smallest absolute Gasteiger partial charge is 0.0662 e. The number of hydrogen-bond donors (Lipinski definition) is 1. The number of benzene rings is 1. The van der Waals surface area contributed by atoms with E-state index in [1.165, 1.54) is 11.3 Å². The molecule has 0 unspecified atom stereocenters. The highest BCUT2D eigenvalue weighted by Gasteiger charge is 2.18. The summed E-state index contributed by atoms with van der Waals surface area (Å²) in [5.41, 5.74) is 9.60. The van der Waals surface area contributed by atoms with Crippen molar-refractivity contribution in [3.8, 4) is 5.69 Å². The lowest BCUT2D eigenvalue weighted by Gasteiger charge is -2.15. The number of rotatable bonds is 1. The molecule has 3 nitrogen and oxygen atoms in total. The molecule has 3 heteroatoms. The Morgan fingerprint density at radius 2 is 2.06 bits per heavy atom. The van der Waals surface area contributed by atoms with Gasteiger partial charge in [0.2, 0.25) is 0 Å². The highest BCUT2D eigenvalue weighted by atomic mass is 15.3. The zero-order valence-corrected chi connectivity index (χ0v) is 9.13. The maximum Gasteiger partial charge on any atom is 0.0662 e. The van der Waals surface area contributed by atoms with E-state index in [0.717, 1.165) is 24.9 Å². The van der Waals surface area contributed by atoms with Crippen molar-refractivity contribution in [3.05, 3.63) is 47.8 Å². The van der Waals surface area contributed by atoms with Crippen LogP contribution in [0, 0.1) is 0 Å². The summed E-state index contributed by atoms with van der Waals surface area (Å²) in [6.07, 6.45) is 5.14. The number of fused-ring (bicyclic) bond motifs is 1. The Morgan fingerprint density at radius 1 is 1.25 bits per heavy atom. The number of aryl methyl sites for hydroxylation is 1. The summed E-state index contributed by atoms with van der Waals surface area (Å²) in [4.78, 5) is 0. The predicted octanol–water partition coefficient (Wildman–Crippen LogP) is 1.69. The van der Waals surface area contributed by atoms with Crippen LogP contribution < -0.4 is 5.73 Å². The van der Waals surface area contributed by atoms with E-state index in [1.807, 2.05) is 22.9 Å². The van der Waals surface area contributed by atoms with Gasteiger partial charge in [-0.1, -0.05) is 18.2 Å². The molecule has 0 amide bonds. The summed E-state index contributed by atoms with van der Waals surface area (Å²) in [7, 11) is 0. The van der Waals surface area contributed by atoms with Gasteiger partial charge in [-0.25, -0.2) is 4.68 Å². The second kappa shape index (κ2) is 3.76. The minimum atomic E-state index is 0.306. The molecule has 1 aliphatic rings. The molecule has 0 fully saturated rings. The molecule has 3 rings (SSSR count). The first-order valence-electron chi connectivity index (χ1n) is 5.71. The van der Waals surface area contributed by atoms with Crippen molar-refractivity contribution in [2.45, 2.75) is 25.3 Å². The third-order valence-electron chi connectivity index (χ3n) is 3.13. The van der Waals surface area contributed by atoms with E-state index in [1.54, 1.807) is 0 Å². The molecular weight excluding hydrogens is 198 g/mol. The first kappa shape index (κ1) is 9.60. The van der Waals surface area contributed by atoms with E-state index in [0.29, 0.717) is 6.04 Å². The zero-order valence-electron chi connectivity index (χ0n) is 9.13. The van der Waals surface area contributed by atoms with Crippen LogP contribution in [-0.2, 0) is 12.8 Å². The van der Waals surface area contributed by atoms with Crippen LogP contribution in [0.1, 0.15) is 17.7 Å². The summed E-state index contributed by atoms with van der Waals surface area (Å²) in [6, 6.07) is 10.5. The largest absolute Gasteiger partial charge is 0.327 e. The van der Waals surface area contributed by atoms with Crippen molar-refractivity contribution in [1.29, 1.82) is 0 Å². The van der Waals surface area contributed by atoms with Gasteiger partial charge in [-0.2, -0.15) is 5.10 Å². The Morgan fingerprint density at radius 3 is 2.88 bits per heavy atom. The average molecular weight is 213 g/mol. The zero-order chi connectivity index (χ0) is 11.0. The topological polar surface area (TPSA) is 43.8 Å². The van der Waals surface area contributed by atoms with E-state index in [4.69, 9.17) is 5.73 Å². The van der Waals surface area contributed by atoms with E-state index in [2.05, 4.69) is 23.4 Å². The van der Waals surface area contributed by atoms with E-state index in [-0.39, 0.29) is 0 Å². The lowest BCUT2D eigenvalue weighted by molar-refractivity contribution is 0.570. The SMILES string of the molecule is N[C@@H]1CCc2nn(-c3ccccc3)cc2C1. The van der Waals surface area contributed by atoms with Crippen molar-refractivity contribution in [3.63, 3.8) is 0 Å². The van der Waals surface area contributed by atoms with Crippen LogP contribution in [0.2, 0.25) is 0 Å². The molecular formula is C13H15N3. The fourth-order valence-electron chi connectivity index (χ4n) is 2.25. The quantitative estimate of drug-likeness (QED) is 0.783. The van der Waals surface area contributed by atoms with Gasteiger partial charge in [-0.3, -0.25) is 0 Å². The molecule has 1 aromatic heterocycles. The van der Waals surface area contributed by atoms with E-state index >= 15 is 0 Å². The molecule has 1 aromatic carbocycles. The summed E-state index contributed by atoms with van der Waals surface area (Å²) in [5, 5.41) is 4.62. The van der Waals surface area contributed by atoms with E-state index in [9.17, 15) is 0 Å². The molecule has 0 saturated heterocycles. The second-order valence-electron chi connectivity index (χ2n) is 4.38. The first-order chi connectivity index (χ1) is 7.83. The van der Waals surface area contributed by atoms with Gasteiger partial charge >= 0.3 is 0 Å². The van der Waals surface area contributed by atoms with Gasteiger partial charge in [0.25, 0.3) is 0 Å². The Labute approximate surface area is 94.9 Å². The standard InChI is InChI=1S/C13H15N3/c14-11-6-7-13-10(8-11)9-16(15-13)12-4-2-1-3-5-12/h1-5,9,11H,6-8,14H2/t11-/m1/s1. The van der Waals surface area contributed by atoms with Crippen LogP contribution in [-0.4, -0.2) is 15.8 Å². The fourth-order valence-corrected chi connectivity index (χ4v) is 2.25. The molecule has 16 heavy (non-hydrogen) atoms. The second-order valence-corrected chi connectivity index (χ2v) is 4.38. The van der Waals surface area contributed by atoms with Crippen LogP contribution in [0.3, 0.4) is 0 Å². The summed E-state index contributed by atoms with van der Waals surface area (Å²) >= 11 is 0. The lowest BCUT2D eigenvalue weighted by atomic mass is 9.94. The Bertz CT molecular complexity index is 487. The van der Waals surface area contributed by atoms with Crippen molar-refractivity contribution in [1.82, 2.24) is 9.78 Å². The van der Waals surface area contributed by atoms with Gasteiger partial charge in [-0.15, -0.1) is 0 Å². The van der Waals surface area contributed by atoms with Gasteiger partial charge in [0.05, 0.1) is 11.4 Å². The third-order valence-corrected chi connectivity index (χ3v) is 3.13. The predicted molar refractivity (Wildman–Crippen MR) is 63.6 cm³/mol. The van der Waals surface area contributed by atoms with Gasteiger partial charge < -0.3 is 5.73 Å². The average Bonchev–Trinajstić information content (AvgIpc) is 2.73. The van der Waals surface area contributed by atoms with Crippen molar-refractivity contribution < 1.29 is 0 Å². The fraction of sp³-hybridized carbons (Fsp3) is 0.308. The Hall–Kier alpha value is -1.61. The molecule has 1 heterocycles. The van der Waals surface area contributed by atoms with Gasteiger partial charge in [-0.05, 0) is 37.0 Å². The molecule has 0 spiro atoms. The van der Waals surface area contributed by atoms with Crippen LogP contribution in [0.15, 0.2) is 36.5 Å². The highest BCUT2D eigenvalue weighted by molar-refractivity contribution is 5.33. The Kier molecular flexibility index (Phi) is 2.26. The van der Waals surface area contributed by atoms with Crippen molar-refractivity contribution in [2.75, 3.05) is 0 Å². The van der Waals surface area contributed by atoms with Crippen LogP contribution in [0.4, 0.5) is 0 Å². The summed E-state index contributed by atoms with van der Waals surface area (Å²) < 4.78 is 1.96. The molecule has 1 atom stereocenters. The first-order valence-corrected chi connectivity index (χ1v) is 5.71. The molecule has 0 aliphatic heterocycles. The Balaban J connectivity index is 1.99. The maximum absolute atomic E-state index is 5.96. The van der Waals surface area contributed by atoms with Crippen LogP contribution in [0.5, 0.6) is 0 Å². The monoisotopic (exact) mass is 213 g/mol. The lowest BCUT2D eigenvalue weighted by Crippen LogP contribution is -2.27. The molecule has 82 valence electrons. The van der Waals surface area contributed by atoms with E-state index < -0.39 is 0 Å². The van der Waals surface area contributed by atoms with Gasteiger partial charge in [0.1, 0.15) is 0 Å². The number of aromatic nitrogens is 2. The molecule has 2 aromatic rings. The maximum atomic E-state index is 5.96. The summed E-state index contributed by atoms with van der Waals surface area (Å²) in [6.45, 7) is 0. The minimum absolute atomic E-state index is 0.306. The van der Waals surface area contributed by atoms with Crippen molar-refractivity contribution in [2.24, 2.45) is 5.73 Å².